The Hall–Kier alpha value is -3.72. The van der Waals surface area contributed by atoms with E-state index >= 15 is 0 Å². The van der Waals surface area contributed by atoms with Crippen LogP contribution < -0.4 is 10.6 Å². The molecule has 1 atom stereocenters. The number of alkyl carbamates (subject to hydrolysis) is 1. The molecule has 1 heterocycles. The third-order valence-electron chi connectivity index (χ3n) is 5.44. The number of carbonyl (C=O) groups is 3. The third-order valence-corrected chi connectivity index (χ3v) is 6.35. The van der Waals surface area contributed by atoms with Crippen molar-refractivity contribution in [1.29, 1.82) is 0 Å². The Morgan fingerprint density at radius 2 is 1.73 bits per heavy atom. The summed E-state index contributed by atoms with van der Waals surface area (Å²) < 4.78 is 5.44. The second-order valence-corrected chi connectivity index (χ2v) is 9.00. The summed E-state index contributed by atoms with van der Waals surface area (Å²) in [6.45, 7) is 2.12. The summed E-state index contributed by atoms with van der Waals surface area (Å²) in [5.41, 5.74) is 4.32. The number of aromatic nitrogens is 1. The second-order valence-electron chi connectivity index (χ2n) is 7.68. The molecule has 1 aliphatic rings. The molecule has 0 aliphatic heterocycles. The van der Waals surface area contributed by atoms with E-state index in [1.807, 2.05) is 55.5 Å². The van der Waals surface area contributed by atoms with Crippen LogP contribution in [-0.4, -0.2) is 40.7 Å². The van der Waals surface area contributed by atoms with Gasteiger partial charge in [-0.1, -0.05) is 48.5 Å². The zero-order valence-electron chi connectivity index (χ0n) is 17.9. The summed E-state index contributed by atoms with van der Waals surface area (Å²) in [5, 5.41) is 15.1. The first kappa shape index (κ1) is 22.5. The first-order chi connectivity index (χ1) is 15.9. The van der Waals surface area contributed by atoms with Crippen LogP contribution in [0, 0.1) is 6.92 Å². The molecule has 3 N–H and O–H groups in total. The average molecular weight is 466 g/mol. The summed E-state index contributed by atoms with van der Waals surface area (Å²) in [6.07, 6.45) is 0.246. The fourth-order valence-electron chi connectivity index (χ4n) is 3.95. The number of benzene rings is 2. The fraction of sp³-hybridized carbons (Fsp3) is 0.250. The van der Waals surface area contributed by atoms with Crippen LogP contribution in [0.15, 0.2) is 54.7 Å². The van der Waals surface area contributed by atoms with Crippen LogP contribution in [0.4, 0.5) is 4.79 Å². The van der Waals surface area contributed by atoms with E-state index in [4.69, 9.17) is 4.74 Å². The number of hydrogen-bond acceptors (Lipinski definition) is 6. The Morgan fingerprint density at radius 1 is 1.09 bits per heavy atom. The molecular formula is C24H23N3O5S. The lowest BCUT2D eigenvalue weighted by molar-refractivity contribution is -0.139. The lowest BCUT2D eigenvalue weighted by Crippen LogP contribution is -2.47. The second kappa shape index (κ2) is 9.83. The number of carbonyl (C=O) groups excluding carboxylic acids is 2. The van der Waals surface area contributed by atoms with E-state index in [1.165, 1.54) is 11.3 Å². The van der Waals surface area contributed by atoms with Gasteiger partial charge in [0.25, 0.3) is 0 Å². The molecule has 1 aromatic heterocycles. The number of aryl methyl sites for hydroxylation is 1. The molecule has 0 saturated carbocycles. The molecule has 2 aromatic carbocycles. The predicted octanol–water partition coefficient (Wildman–Crippen LogP) is 3.45. The highest BCUT2D eigenvalue weighted by atomic mass is 32.1. The fourth-order valence-corrected chi connectivity index (χ4v) is 4.69. The quantitative estimate of drug-likeness (QED) is 0.469. The normalized spacial score (nSPS) is 13.0. The van der Waals surface area contributed by atoms with E-state index in [9.17, 15) is 19.5 Å². The molecule has 170 valence electrons. The number of fused-ring (bicyclic) bond motifs is 3. The minimum atomic E-state index is -1.26. The predicted molar refractivity (Wildman–Crippen MR) is 123 cm³/mol. The van der Waals surface area contributed by atoms with Crippen LogP contribution in [0.25, 0.3) is 11.1 Å². The van der Waals surface area contributed by atoms with E-state index < -0.39 is 30.4 Å². The largest absolute Gasteiger partial charge is 0.481 e. The van der Waals surface area contributed by atoms with Gasteiger partial charge in [-0.3, -0.25) is 9.59 Å². The first-order valence-electron chi connectivity index (χ1n) is 10.4. The topological polar surface area (TPSA) is 118 Å². The lowest BCUT2D eigenvalue weighted by Gasteiger charge is -2.18. The maximum atomic E-state index is 12.5. The van der Waals surface area contributed by atoms with Crippen molar-refractivity contribution < 1.29 is 24.2 Å². The number of aliphatic carboxylic acids is 1. The van der Waals surface area contributed by atoms with Crippen molar-refractivity contribution in [3.63, 3.8) is 0 Å². The number of nitrogens with one attached hydrogen (secondary N) is 2. The number of ether oxygens (including phenoxy) is 1. The highest BCUT2D eigenvalue weighted by Gasteiger charge is 2.30. The first-order valence-corrected chi connectivity index (χ1v) is 11.3. The standard InChI is InChI=1S/C24H23N3O5S/c1-14-25-11-15(33-14)12-26-23(30)21(10-22(28)29)27-24(31)32-13-20-18-8-4-2-6-16(18)17-7-3-5-9-19(17)20/h2-9,11,20-21H,10,12-13H2,1H3,(H,26,30)(H,27,31)(H,28,29). The van der Waals surface area contributed by atoms with Gasteiger partial charge in [0.1, 0.15) is 12.6 Å². The van der Waals surface area contributed by atoms with Gasteiger partial charge in [0, 0.05) is 17.0 Å². The van der Waals surface area contributed by atoms with E-state index in [0.29, 0.717) is 0 Å². The molecule has 9 heteroatoms. The summed E-state index contributed by atoms with van der Waals surface area (Å²) in [5.74, 6) is -1.94. The van der Waals surface area contributed by atoms with Gasteiger partial charge in [0.2, 0.25) is 5.91 Å². The van der Waals surface area contributed by atoms with Gasteiger partial charge in [-0.2, -0.15) is 0 Å². The lowest BCUT2D eigenvalue weighted by atomic mass is 9.98. The number of thiazole rings is 1. The van der Waals surface area contributed by atoms with E-state index in [1.54, 1.807) is 6.20 Å². The molecule has 2 amide bonds. The van der Waals surface area contributed by atoms with Gasteiger partial charge >= 0.3 is 12.1 Å². The number of amides is 2. The van der Waals surface area contributed by atoms with Crippen LogP contribution in [0.2, 0.25) is 0 Å². The van der Waals surface area contributed by atoms with Crippen molar-refractivity contribution >= 4 is 29.3 Å². The molecule has 33 heavy (non-hydrogen) atoms. The van der Waals surface area contributed by atoms with Gasteiger partial charge < -0.3 is 20.5 Å². The monoisotopic (exact) mass is 465 g/mol. The zero-order valence-corrected chi connectivity index (χ0v) is 18.7. The number of hydrogen-bond donors (Lipinski definition) is 3. The molecule has 0 radical (unpaired) electrons. The van der Waals surface area contributed by atoms with Crippen molar-refractivity contribution in [3.05, 3.63) is 75.7 Å². The Labute approximate surface area is 194 Å². The van der Waals surface area contributed by atoms with Crippen LogP contribution in [-0.2, 0) is 20.9 Å². The molecule has 0 saturated heterocycles. The maximum Gasteiger partial charge on any atom is 0.407 e. The molecule has 3 aromatic rings. The van der Waals surface area contributed by atoms with E-state index in [-0.39, 0.29) is 19.1 Å². The molecule has 1 unspecified atom stereocenters. The van der Waals surface area contributed by atoms with Crippen LogP contribution in [0.3, 0.4) is 0 Å². The maximum absolute atomic E-state index is 12.5. The SMILES string of the molecule is Cc1ncc(CNC(=O)C(CC(=O)O)NC(=O)OCC2c3ccccc3-c3ccccc32)s1. The number of carboxylic acid groups (broad SMARTS) is 1. The van der Waals surface area contributed by atoms with Crippen molar-refractivity contribution in [1.82, 2.24) is 15.6 Å². The van der Waals surface area contributed by atoms with Crippen LogP contribution in [0.5, 0.6) is 0 Å². The van der Waals surface area contributed by atoms with Crippen LogP contribution >= 0.6 is 11.3 Å². The van der Waals surface area contributed by atoms with Gasteiger partial charge in [-0.15, -0.1) is 11.3 Å². The van der Waals surface area contributed by atoms with Crippen LogP contribution in [0.1, 0.15) is 33.4 Å². The van der Waals surface area contributed by atoms with Gasteiger partial charge in [-0.05, 0) is 29.2 Å². The Kier molecular flexibility index (Phi) is 6.69. The number of rotatable bonds is 8. The van der Waals surface area contributed by atoms with Crippen molar-refractivity contribution in [2.45, 2.75) is 31.8 Å². The minimum Gasteiger partial charge on any atom is -0.481 e. The van der Waals surface area contributed by atoms with Gasteiger partial charge in [0.15, 0.2) is 0 Å². The van der Waals surface area contributed by atoms with E-state index in [2.05, 4.69) is 15.6 Å². The molecular weight excluding hydrogens is 442 g/mol. The van der Waals surface area contributed by atoms with Crippen molar-refractivity contribution in [3.8, 4) is 11.1 Å². The summed E-state index contributed by atoms with van der Waals surface area (Å²) >= 11 is 1.43. The highest BCUT2D eigenvalue weighted by Crippen LogP contribution is 2.44. The molecule has 0 spiro atoms. The Morgan fingerprint density at radius 3 is 2.30 bits per heavy atom. The number of nitrogens with zero attached hydrogens (tertiary/aromatic N) is 1. The molecule has 1 aliphatic carbocycles. The molecule has 8 nitrogen and oxygen atoms in total. The molecule has 0 bridgehead atoms. The number of carboxylic acids is 1. The Balaban J connectivity index is 1.38. The molecule has 4 rings (SSSR count). The highest BCUT2D eigenvalue weighted by molar-refractivity contribution is 7.11. The third kappa shape index (κ3) is 5.20. The summed E-state index contributed by atoms with van der Waals surface area (Å²) in [6, 6.07) is 14.6. The summed E-state index contributed by atoms with van der Waals surface area (Å²) in [4.78, 5) is 41.2. The van der Waals surface area contributed by atoms with E-state index in [0.717, 1.165) is 32.1 Å². The summed E-state index contributed by atoms with van der Waals surface area (Å²) in [7, 11) is 0. The van der Waals surface area contributed by atoms with Crippen molar-refractivity contribution in [2.24, 2.45) is 0 Å². The average Bonchev–Trinajstić information content (AvgIpc) is 3.36. The smallest absolute Gasteiger partial charge is 0.407 e. The molecule has 0 fully saturated rings. The van der Waals surface area contributed by atoms with Gasteiger partial charge in [0.05, 0.1) is 18.0 Å². The van der Waals surface area contributed by atoms with Gasteiger partial charge in [-0.25, -0.2) is 9.78 Å². The van der Waals surface area contributed by atoms with Crippen molar-refractivity contribution in [2.75, 3.05) is 6.61 Å². The minimum absolute atomic E-state index is 0.0708. The Bertz CT molecular complexity index is 1150. The zero-order chi connectivity index (χ0) is 23.4.